The highest BCUT2D eigenvalue weighted by molar-refractivity contribution is 5.97. The molecule has 0 bridgehead atoms. The molecule has 2 rings (SSSR count). The van der Waals surface area contributed by atoms with Gasteiger partial charge in [0, 0.05) is 18.7 Å². The van der Waals surface area contributed by atoms with Gasteiger partial charge in [0.1, 0.15) is 6.54 Å². The van der Waals surface area contributed by atoms with Crippen LogP contribution in [-0.4, -0.2) is 36.0 Å². The average molecular weight is 286 g/mol. The van der Waals surface area contributed by atoms with Crippen molar-refractivity contribution < 1.29 is 22.8 Å². The van der Waals surface area contributed by atoms with Crippen LogP contribution in [0.15, 0.2) is 30.3 Å². The van der Waals surface area contributed by atoms with Gasteiger partial charge in [-0.15, -0.1) is 0 Å². The number of rotatable bonds is 3. The number of benzene rings is 1. The van der Waals surface area contributed by atoms with E-state index < -0.39 is 30.5 Å². The molecule has 7 heteroatoms. The average Bonchev–Trinajstić information content (AvgIpc) is 2.70. The third-order valence-electron chi connectivity index (χ3n) is 3.00. The second-order valence-corrected chi connectivity index (χ2v) is 4.65. The van der Waals surface area contributed by atoms with E-state index in [1.165, 1.54) is 0 Å². The van der Waals surface area contributed by atoms with E-state index in [4.69, 9.17) is 0 Å². The number of halogens is 3. The Morgan fingerprint density at radius 2 is 1.95 bits per heavy atom. The van der Waals surface area contributed by atoms with Crippen LogP contribution in [0.5, 0.6) is 0 Å². The number of nitrogens with zero attached hydrogens (tertiary/aromatic N) is 1. The van der Waals surface area contributed by atoms with Crippen molar-refractivity contribution in [3.63, 3.8) is 0 Å². The monoisotopic (exact) mass is 286 g/mol. The Morgan fingerprint density at radius 3 is 2.55 bits per heavy atom. The molecular weight excluding hydrogens is 273 g/mol. The molecule has 0 saturated carbocycles. The highest BCUT2D eigenvalue weighted by Gasteiger charge is 2.40. The van der Waals surface area contributed by atoms with Crippen molar-refractivity contribution in [2.24, 2.45) is 5.92 Å². The molecule has 1 aromatic rings. The fourth-order valence-electron chi connectivity index (χ4n) is 2.08. The van der Waals surface area contributed by atoms with Crippen molar-refractivity contribution in [1.82, 2.24) is 4.90 Å². The van der Waals surface area contributed by atoms with Crippen LogP contribution in [0.3, 0.4) is 0 Å². The predicted octanol–water partition coefficient (Wildman–Crippen LogP) is 2.04. The van der Waals surface area contributed by atoms with Crippen LogP contribution >= 0.6 is 0 Å². The summed E-state index contributed by atoms with van der Waals surface area (Å²) in [6, 6.07) is 8.57. The Bertz CT molecular complexity index is 502. The van der Waals surface area contributed by atoms with Gasteiger partial charge in [-0.3, -0.25) is 9.59 Å². The van der Waals surface area contributed by atoms with Gasteiger partial charge >= 0.3 is 6.18 Å². The highest BCUT2D eigenvalue weighted by atomic mass is 19.4. The Balaban J connectivity index is 1.94. The fraction of sp³-hybridized carbons (Fsp3) is 0.385. The summed E-state index contributed by atoms with van der Waals surface area (Å²) in [5, 5.41) is 2.59. The number of amides is 2. The van der Waals surface area contributed by atoms with Gasteiger partial charge in [-0.1, -0.05) is 18.2 Å². The van der Waals surface area contributed by atoms with E-state index in [-0.39, 0.29) is 13.0 Å². The first-order valence-corrected chi connectivity index (χ1v) is 6.05. The highest BCUT2D eigenvalue weighted by Crippen LogP contribution is 2.24. The second-order valence-electron chi connectivity index (χ2n) is 4.65. The van der Waals surface area contributed by atoms with Crippen molar-refractivity contribution in [2.45, 2.75) is 12.6 Å². The predicted molar refractivity (Wildman–Crippen MR) is 65.8 cm³/mol. The molecule has 1 N–H and O–H groups in total. The normalized spacial score (nSPS) is 19.2. The second kappa shape index (κ2) is 5.52. The number of carbonyl (C=O) groups is 2. The van der Waals surface area contributed by atoms with Crippen molar-refractivity contribution in [2.75, 3.05) is 18.4 Å². The van der Waals surface area contributed by atoms with E-state index in [1.54, 1.807) is 30.3 Å². The third-order valence-corrected chi connectivity index (χ3v) is 3.00. The summed E-state index contributed by atoms with van der Waals surface area (Å²) >= 11 is 0. The van der Waals surface area contributed by atoms with Crippen molar-refractivity contribution in [1.29, 1.82) is 0 Å². The largest absolute Gasteiger partial charge is 0.406 e. The molecule has 0 radical (unpaired) electrons. The quantitative estimate of drug-likeness (QED) is 0.924. The lowest BCUT2D eigenvalue weighted by Gasteiger charge is -2.18. The molecule has 20 heavy (non-hydrogen) atoms. The summed E-state index contributed by atoms with van der Waals surface area (Å²) in [7, 11) is 0. The smallest absolute Gasteiger partial charge is 0.333 e. The fourth-order valence-corrected chi connectivity index (χ4v) is 2.08. The molecule has 0 aliphatic carbocycles. The molecule has 1 atom stereocenters. The van der Waals surface area contributed by atoms with Gasteiger partial charge in [0.15, 0.2) is 0 Å². The van der Waals surface area contributed by atoms with Gasteiger partial charge in [-0.2, -0.15) is 13.2 Å². The molecular formula is C13H13F3N2O2. The van der Waals surface area contributed by atoms with Gasteiger partial charge in [0.05, 0.1) is 5.92 Å². The Hall–Kier alpha value is -2.05. The van der Waals surface area contributed by atoms with Crippen LogP contribution in [0, 0.1) is 5.92 Å². The maximum atomic E-state index is 12.3. The molecule has 2 amide bonds. The van der Waals surface area contributed by atoms with Crippen molar-refractivity contribution in [3.8, 4) is 0 Å². The summed E-state index contributed by atoms with van der Waals surface area (Å²) < 4.78 is 36.8. The Labute approximate surface area is 113 Å². The van der Waals surface area contributed by atoms with Gasteiger partial charge in [-0.05, 0) is 12.1 Å². The standard InChI is InChI=1S/C13H13F3N2O2/c14-13(15,16)8-18-7-9(6-11(18)19)12(20)17-10-4-2-1-3-5-10/h1-5,9H,6-8H2,(H,17,20)/t9-/m1/s1. The number of nitrogens with one attached hydrogen (secondary N) is 1. The third kappa shape index (κ3) is 3.72. The van der Waals surface area contributed by atoms with Crippen molar-refractivity contribution in [3.05, 3.63) is 30.3 Å². The van der Waals surface area contributed by atoms with E-state index in [0.717, 1.165) is 0 Å². The van der Waals surface area contributed by atoms with E-state index in [2.05, 4.69) is 5.32 Å². The van der Waals surface area contributed by atoms with Gasteiger partial charge in [0.25, 0.3) is 0 Å². The number of carbonyl (C=O) groups excluding carboxylic acids is 2. The number of likely N-dealkylation sites (tertiary alicyclic amines) is 1. The zero-order valence-electron chi connectivity index (χ0n) is 10.5. The number of hydrogen-bond donors (Lipinski definition) is 1. The first kappa shape index (κ1) is 14.4. The molecule has 0 unspecified atom stereocenters. The summed E-state index contributed by atoms with van der Waals surface area (Å²) in [5.74, 6) is -1.82. The summed E-state index contributed by atoms with van der Waals surface area (Å²) in [6.07, 6.45) is -4.63. The van der Waals surface area contributed by atoms with Gasteiger partial charge < -0.3 is 10.2 Å². The lowest BCUT2D eigenvalue weighted by Crippen LogP contribution is -2.36. The Morgan fingerprint density at radius 1 is 1.30 bits per heavy atom. The summed E-state index contributed by atoms with van der Waals surface area (Å²) in [5.41, 5.74) is 0.555. The number of para-hydroxylation sites is 1. The van der Waals surface area contributed by atoms with Crippen molar-refractivity contribution >= 4 is 17.5 Å². The number of alkyl halides is 3. The SMILES string of the molecule is O=C(Nc1ccccc1)[C@@H]1CC(=O)N(CC(F)(F)F)C1. The topological polar surface area (TPSA) is 49.4 Å². The van der Waals surface area contributed by atoms with Crippen LogP contribution < -0.4 is 5.32 Å². The molecule has 1 saturated heterocycles. The van der Waals surface area contributed by atoms with Gasteiger partial charge in [-0.25, -0.2) is 0 Å². The minimum Gasteiger partial charge on any atom is -0.333 e. The van der Waals surface area contributed by atoms with Crippen LogP contribution in [-0.2, 0) is 9.59 Å². The minimum absolute atomic E-state index is 0.186. The van der Waals surface area contributed by atoms with Crippen LogP contribution in [0.1, 0.15) is 6.42 Å². The first-order chi connectivity index (χ1) is 9.35. The lowest BCUT2D eigenvalue weighted by atomic mass is 10.1. The molecule has 1 aromatic carbocycles. The minimum atomic E-state index is -4.44. The first-order valence-electron chi connectivity index (χ1n) is 6.05. The molecule has 0 aromatic heterocycles. The molecule has 1 heterocycles. The zero-order chi connectivity index (χ0) is 14.8. The molecule has 108 valence electrons. The summed E-state index contributed by atoms with van der Waals surface area (Å²) in [6.45, 7) is -1.50. The van der Waals surface area contributed by atoms with Gasteiger partial charge in [0.2, 0.25) is 11.8 Å². The maximum absolute atomic E-state index is 12.3. The summed E-state index contributed by atoms with van der Waals surface area (Å²) in [4.78, 5) is 24.0. The van der Waals surface area contributed by atoms with Crippen LogP contribution in [0.25, 0.3) is 0 Å². The van der Waals surface area contributed by atoms with E-state index in [1.807, 2.05) is 0 Å². The number of hydrogen-bond acceptors (Lipinski definition) is 2. The number of anilines is 1. The van der Waals surface area contributed by atoms with E-state index >= 15 is 0 Å². The molecule has 1 aliphatic heterocycles. The maximum Gasteiger partial charge on any atom is 0.406 e. The lowest BCUT2D eigenvalue weighted by molar-refractivity contribution is -0.157. The molecule has 1 aliphatic rings. The van der Waals surface area contributed by atoms with Crippen LogP contribution in [0.4, 0.5) is 18.9 Å². The molecule has 0 spiro atoms. The molecule has 1 fully saturated rings. The zero-order valence-corrected chi connectivity index (χ0v) is 10.5. The van der Waals surface area contributed by atoms with Crippen LogP contribution in [0.2, 0.25) is 0 Å². The van der Waals surface area contributed by atoms with E-state index in [9.17, 15) is 22.8 Å². The van der Waals surface area contributed by atoms with E-state index in [0.29, 0.717) is 10.6 Å². The Kier molecular flexibility index (Phi) is 3.96. The molecule has 4 nitrogen and oxygen atoms in total.